The van der Waals surface area contributed by atoms with Crippen LogP contribution in [0.2, 0.25) is 0 Å². The van der Waals surface area contributed by atoms with Gasteiger partial charge in [-0.15, -0.1) is 11.3 Å². The maximum atomic E-state index is 13.0. The van der Waals surface area contributed by atoms with Gasteiger partial charge in [0.1, 0.15) is 0 Å². The van der Waals surface area contributed by atoms with Crippen molar-refractivity contribution in [3.8, 4) is 0 Å². The molecular formula is C20H24N2O3S. The van der Waals surface area contributed by atoms with Crippen molar-refractivity contribution in [2.45, 2.75) is 44.9 Å². The third kappa shape index (κ3) is 4.49. The highest BCUT2D eigenvalue weighted by molar-refractivity contribution is 7.14. The zero-order valence-corrected chi connectivity index (χ0v) is 16.0. The third-order valence-corrected chi connectivity index (χ3v) is 5.73. The lowest BCUT2D eigenvalue weighted by Crippen LogP contribution is -2.23. The molecule has 1 amide bonds. The Labute approximate surface area is 157 Å². The number of carbonyl (C=O) groups is 2. The molecule has 1 fully saturated rings. The van der Waals surface area contributed by atoms with E-state index in [0.717, 1.165) is 12.0 Å². The molecule has 26 heavy (non-hydrogen) atoms. The first-order valence-electron chi connectivity index (χ1n) is 8.98. The highest BCUT2D eigenvalue weighted by Crippen LogP contribution is 2.35. The van der Waals surface area contributed by atoms with Gasteiger partial charge in [-0.25, -0.2) is 9.78 Å². The van der Waals surface area contributed by atoms with E-state index in [0.29, 0.717) is 11.0 Å². The number of nitrogens with zero attached hydrogens (tertiary/aromatic N) is 1. The summed E-state index contributed by atoms with van der Waals surface area (Å²) in [6, 6.07) is 8.17. The smallest absolute Gasteiger partial charge is 0.357 e. The molecule has 3 rings (SSSR count). The largest absolute Gasteiger partial charge is 0.464 e. The summed E-state index contributed by atoms with van der Waals surface area (Å²) in [7, 11) is 1.31. The van der Waals surface area contributed by atoms with E-state index in [1.54, 1.807) is 5.38 Å². The summed E-state index contributed by atoms with van der Waals surface area (Å²) >= 11 is 1.24. The van der Waals surface area contributed by atoms with Crippen LogP contribution in [0, 0.1) is 12.8 Å². The molecule has 1 N–H and O–H groups in total. The number of hydrogen-bond acceptors (Lipinski definition) is 5. The van der Waals surface area contributed by atoms with E-state index in [4.69, 9.17) is 0 Å². The van der Waals surface area contributed by atoms with Crippen molar-refractivity contribution in [2.75, 3.05) is 12.4 Å². The van der Waals surface area contributed by atoms with Gasteiger partial charge in [-0.2, -0.15) is 0 Å². The van der Waals surface area contributed by atoms with Gasteiger partial charge in [-0.1, -0.05) is 55.5 Å². The summed E-state index contributed by atoms with van der Waals surface area (Å²) in [6.45, 7) is 2.04. The van der Waals surface area contributed by atoms with Gasteiger partial charge in [-0.05, 0) is 24.8 Å². The lowest BCUT2D eigenvalue weighted by Gasteiger charge is -2.20. The van der Waals surface area contributed by atoms with Crippen LogP contribution in [0.4, 0.5) is 5.13 Å². The Morgan fingerprint density at radius 1 is 1.27 bits per heavy atom. The number of aromatic nitrogens is 1. The van der Waals surface area contributed by atoms with E-state index in [9.17, 15) is 9.59 Å². The Balaban J connectivity index is 1.76. The molecule has 1 atom stereocenters. The summed E-state index contributed by atoms with van der Waals surface area (Å²) in [5, 5.41) is 4.92. The minimum atomic E-state index is -0.497. The van der Waals surface area contributed by atoms with E-state index in [1.807, 2.05) is 31.2 Å². The van der Waals surface area contributed by atoms with Crippen LogP contribution in [0.25, 0.3) is 0 Å². The number of rotatable bonds is 6. The predicted octanol–water partition coefficient (Wildman–Crippen LogP) is 4.54. The Hall–Kier alpha value is -2.21. The first-order chi connectivity index (χ1) is 12.6. The van der Waals surface area contributed by atoms with E-state index in [1.165, 1.54) is 49.7 Å². The van der Waals surface area contributed by atoms with Crippen molar-refractivity contribution in [3.05, 3.63) is 46.5 Å². The van der Waals surface area contributed by atoms with Crippen LogP contribution >= 0.6 is 11.3 Å². The van der Waals surface area contributed by atoms with Crippen LogP contribution in [0.1, 0.15) is 59.6 Å². The first-order valence-corrected chi connectivity index (χ1v) is 9.86. The fourth-order valence-electron chi connectivity index (χ4n) is 3.49. The van der Waals surface area contributed by atoms with Crippen molar-refractivity contribution < 1.29 is 14.3 Å². The second-order valence-corrected chi connectivity index (χ2v) is 7.73. The van der Waals surface area contributed by atoms with Crippen LogP contribution in [-0.4, -0.2) is 24.0 Å². The molecule has 1 aromatic heterocycles. The van der Waals surface area contributed by atoms with Gasteiger partial charge in [0.15, 0.2) is 10.8 Å². The number of nitrogens with one attached hydrogen (secondary N) is 1. The number of hydrogen-bond donors (Lipinski definition) is 1. The summed E-state index contributed by atoms with van der Waals surface area (Å²) in [4.78, 5) is 28.7. The molecule has 5 nitrogen and oxygen atoms in total. The molecule has 0 radical (unpaired) electrons. The lowest BCUT2D eigenvalue weighted by molar-refractivity contribution is -0.118. The number of aryl methyl sites for hydroxylation is 1. The fourth-order valence-corrected chi connectivity index (χ4v) is 4.18. The van der Waals surface area contributed by atoms with Gasteiger partial charge in [0.2, 0.25) is 5.91 Å². The van der Waals surface area contributed by atoms with Gasteiger partial charge in [0, 0.05) is 5.38 Å². The standard InChI is InChI=1S/C20H24N2O3S/c1-13-7-9-15(10-8-13)16(11-14-5-3-4-6-14)18(23)22-20-21-17(12-26-20)19(24)25-2/h7-10,12,14,16H,3-6,11H2,1-2H3,(H,21,22,23). The van der Waals surface area contributed by atoms with Crippen LogP contribution in [-0.2, 0) is 9.53 Å². The third-order valence-electron chi connectivity index (χ3n) is 4.97. The predicted molar refractivity (Wildman–Crippen MR) is 103 cm³/mol. The molecule has 1 aromatic carbocycles. The maximum absolute atomic E-state index is 13.0. The molecule has 0 bridgehead atoms. The van der Waals surface area contributed by atoms with Gasteiger partial charge >= 0.3 is 5.97 Å². The monoisotopic (exact) mass is 372 g/mol. The molecule has 138 valence electrons. The first kappa shape index (κ1) is 18.6. The molecule has 1 aliphatic rings. The van der Waals surface area contributed by atoms with Crippen LogP contribution < -0.4 is 5.32 Å². The SMILES string of the molecule is COC(=O)c1csc(NC(=O)C(CC2CCCC2)c2ccc(C)cc2)n1. The second kappa shape index (κ2) is 8.45. The maximum Gasteiger partial charge on any atom is 0.357 e. The number of ether oxygens (including phenoxy) is 1. The number of esters is 1. The zero-order valence-electron chi connectivity index (χ0n) is 15.2. The number of methoxy groups -OCH3 is 1. The highest BCUT2D eigenvalue weighted by Gasteiger charge is 2.27. The molecule has 1 aliphatic carbocycles. The van der Waals surface area contributed by atoms with E-state index >= 15 is 0 Å². The zero-order chi connectivity index (χ0) is 18.5. The fraction of sp³-hybridized carbons (Fsp3) is 0.450. The number of benzene rings is 1. The van der Waals surface area contributed by atoms with Gasteiger partial charge in [-0.3, -0.25) is 4.79 Å². The number of amides is 1. The van der Waals surface area contributed by atoms with Gasteiger partial charge in [0.05, 0.1) is 13.0 Å². The topological polar surface area (TPSA) is 68.3 Å². The summed E-state index contributed by atoms with van der Waals surface area (Å²) in [6.07, 6.45) is 5.74. The summed E-state index contributed by atoms with van der Waals surface area (Å²) in [5.74, 6) is -0.174. The molecule has 2 aromatic rings. The Morgan fingerprint density at radius 3 is 2.62 bits per heavy atom. The number of thiazole rings is 1. The second-order valence-electron chi connectivity index (χ2n) is 6.87. The summed E-state index contributed by atoms with van der Waals surface area (Å²) in [5.41, 5.74) is 2.43. The minimum absolute atomic E-state index is 0.0634. The highest BCUT2D eigenvalue weighted by atomic mass is 32.1. The molecule has 1 unspecified atom stereocenters. The van der Waals surface area contributed by atoms with Crippen molar-refractivity contribution in [1.29, 1.82) is 0 Å². The van der Waals surface area contributed by atoms with Crippen molar-refractivity contribution in [3.63, 3.8) is 0 Å². The molecule has 0 spiro atoms. The van der Waals surface area contributed by atoms with E-state index in [-0.39, 0.29) is 17.5 Å². The molecule has 0 saturated heterocycles. The number of anilines is 1. The van der Waals surface area contributed by atoms with Crippen LogP contribution in [0.3, 0.4) is 0 Å². The molecule has 0 aliphatic heterocycles. The minimum Gasteiger partial charge on any atom is -0.464 e. The average Bonchev–Trinajstić information content (AvgIpc) is 3.31. The average molecular weight is 372 g/mol. The van der Waals surface area contributed by atoms with Gasteiger partial charge in [0.25, 0.3) is 0 Å². The van der Waals surface area contributed by atoms with Crippen molar-refractivity contribution >= 4 is 28.3 Å². The van der Waals surface area contributed by atoms with Crippen LogP contribution in [0.15, 0.2) is 29.6 Å². The molecule has 6 heteroatoms. The Kier molecular flexibility index (Phi) is 6.04. The summed E-state index contributed by atoms with van der Waals surface area (Å²) < 4.78 is 4.66. The van der Waals surface area contributed by atoms with Crippen molar-refractivity contribution in [1.82, 2.24) is 4.98 Å². The Bertz CT molecular complexity index is 764. The number of carbonyl (C=O) groups excluding carboxylic acids is 2. The van der Waals surface area contributed by atoms with Gasteiger partial charge < -0.3 is 10.1 Å². The molecule has 1 heterocycles. The quantitative estimate of drug-likeness (QED) is 0.756. The Morgan fingerprint density at radius 2 is 1.96 bits per heavy atom. The lowest BCUT2D eigenvalue weighted by atomic mass is 9.87. The molecular weight excluding hydrogens is 348 g/mol. The molecule has 1 saturated carbocycles. The van der Waals surface area contributed by atoms with Crippen molar-refractivity contribution in [2.24, 2.45) is 5.92 Å². The normalized spacial score (nSPS) is 15.6. The van der Waals surface area contributed by atoms with E-state index in [2.05, 4.69) is 15.0 Å². The van der Waals surface area contributed by atoms with Crippen LogP contribution in [0.5, 0.6) is 0 Å². The van der Waals surface area contributed by atoms with E-state index < -0.39 is 5.97 Å².